The van der Waals surface area contributed by atoms with E-state index < -0.39 is 0 Å². The molecular weight excluding hydrogens is 368 g/mol. The summed E-state index contributed by atoms with van der Waals surface area (Å²) in [7, 11) is 3.21. The Labute approximate surface area is 160 Å². The Morgan fingerprint density at radius 1 is 1.37 bits per heavy atom. The van der Waals surface area contributed by atoms with Crippen LogP contribution in [0.25, 0.3) is 10.9 Å². The van der Waals surface area contributed by atoms with Gasteiger partial charge in [0.25, 0.3) is 0 Å². The van der Waals surface area contributed by atoms with Crippen molar-refractivity contribution < 1.29 is 19.0 Å². The Balaban J connectivity index is 1.49. The molecule has 8 nitrogen and oxygen atoms in total. The van der Waals surface area contributed by atoms with Gasteiger partial charge in [0.2, 0.25) is 11.0 Å². The number of rotatable bonds is 6. The molecule has 0 aliphatic carbocycles. The van der Waals surface area contributed by atoms with Crippen LogP contribution < -0.4 is 14.8 Å². The summed E-state index contributed by atoms with van der Waals surface area (Å²) in [5.74, 6) is 1.20. The molecule has 142 valence electrons. The van der Waals surface area contributed by atoms with Gasteiger partial charge in [0.1, 0.15) is 29.2 Å². The van der Waals surface area contributed by atoms with Crippen molar-refractivity contribution in [1.29, 1.82) is 0 Å². The number of ether oxygens (including phenoxy) is 3. The molecule has 2 aromatic heterocycles. The minimum atomic E-state index is -0.177. The maximum Gasteiger partial charge on any atom is 0.246 e. The summed E-state index contributed by atoms with van der Waals surface area (Å²) in [5, 5.41) is 13.2. The number of anilines is 1. The average Bonchev–Trinajstić information content (AvgIpc) is 3.41. The fourth-order valence-corrected chi connectivity index (χ4v) is 4.01. The number of nitrogens with zero attached hydrogens (tertiary/aromatic N) is 3. The average molecular weight is 388 g/mol. The van der Waals surface area contributed by atoms with Crippen molar-refractivity contribution in [2.45, 2.75) is 25.5 Å². The maximum atomic E-state index is 12.5. The second-order valence-electron chi connectivity index (χ2n) is 6.20. The fourth-order valence-electron chi connectivity index (χ4n) is 3.16. The second-order valence-corrected chi connectivity index (χ2v) is 7.21. The summed E-state index contributed by atoms with van der Waals surface area (Å²) >= 11 is 1.36. The molecule has 1 aromatic carbocycles. The lowest BCUT2D eigenvalue weighted by Crippen LogP contribution is -2.18. The number of nitrogens with one attached hydrogen (secondary N) is 1. The number of hydrogen-bond donors (Lipinski definition) is 1. The van der Waals surface area contributed by atoms with E-state index in [1.807, 2.05) is 29.0 Å². The molecule has 1 amide bonds. The van der Waals surface area contributed by atoms with Crippen molar-refractivity contribution in [2.24, 2.45) is 0 Å². The molecule has 3 heterocycles. The SMILES string of the molecule is COc1cc(OC)c2ccn(CC(=O)Nc3nnc(C4CCCO4)s3)c2c1. The molecule has 1 atom stereocenters. The quantitative estimate of drug-likeness (QED) is 0.698. The highest BCUT2D eigenvalue weighted by Crippen LogP contribution is 2.33. The Morgan fingerprint density at radius 2 is 2.26 bits per heavy atom. The van der Waals surface area contributed by atoms with E-state index in [0.29, 0.717) is 16.6 Å². The van der Waals surface area contributed by atoms with Crippen LogP contribution in [0, 0.1) is 0 Å². The minimum Gasteiger partial charge on any atom is -0.497 e. The van der Waals surface area contributed by atoms with E-state index in [2.05, 4.69) is 15.5 Å². The number of carbonyl (C=O) groups excluding carboxylic acids is 1. The van der Waals surface area contributed by atoms with Crippen molar-refractivity contribution >= 4 is 33.3 Å². The molecule has 1 N–H and O–H groups in total. The number of hydrogen-bond acceptors (Lipinski definition) is 7. The zero-order chi connectivity index (χ0) is 18.8. The van der Waals surface area contributed by atoms with Crippen LogP contribution in [0.5, 0.6) is 11.5 Å². The highest BCUT2D eigenvalue weighted by Gasteiger charge is 2.22. The highest BCUT2D eigenvalue weighted by molar-refractivity contribution is 7.15. The smallest absolute Gasteiger partial charge is 0.246 e. The third-order valence-corrected chi connectivity index (χ3v) is 5.42. The first-order chi connectivity index (χ1) is 13.2. The molecule has 1 aliphatic heterocycles. The van der Waals surface area contributed by atoms with E-state index in [0.717, 1.165) is 35.4 Å². The van der Waals surface area contributed by atoms with Gasteiger partial charge >= 0.3 is 0 Å². The molecule has 1 saturated heterocycles. The summed E-state index contributed by atoms with van der Waals surface area (Å²) in [5.41, 5.74) is 0.860. The van der Waals surface area contributed by atoms with Crippen molar-refractivity contribution in [3.63, 3.8) is 0 Å². The monoisotopic (exact) mass is 388 g/mol. The first-order valence-electron chi connectivity index (χ1n) is 8.63. The van der Waals surface area contributed by atoms with Crippen LogP contribution in [0.3, 0.4) is 0 Å². The predicted molar refractivity (Wildman–Crippen MR) is 102 cm³/mol. The lowest BCUT2D eigenvalue weighted by atomic mass is 10.2. The lowest BCUT2D eigenvalue weighted by molar-refractivity contribution is -0.116. The Kier molecular flexibility index (Phi) is 4.95. The number of fused-ring (bicyclic) bond motifs is 1. The van der Waals surface area contributed by atoms with Crippen molar-refractivity contribution in [3.05, 3.63) is 29.4 Å². The lowest BCUT2D eigenvalue weighted by Gasteiger charge is -2.09. The van der Waals surface area contributed by atoms with Gasteiger partial charge < -0.3 is 18.8 Å². The van der Waals surface area contributed by atoms with Crippen LogP contribution in [0.1, 0.15) is 24.0 Å². The maximum absolute atomic E-state index is 12.5. The van der Waals surface area contributed by atoms with Gasteiger partial charge in [-0.25, -0.2) is 0 Å². The van der Waals surface area contributed by atoms with Gasteiger partial charge in [-0.1, -0.05) is 11.3 Å². The van der Waals surface area contributed by atoms with Crippen LogP contribution >= 0.6 is 11.3 Å². The van der Waals surface area contributed by atoms with Gasteiger partial charge in [0, 0.05) is 30.3 Å². The standard InChI is InChI=1S/C18H20N4O4S/c1-24-11-8-13-12(15(9-11)25-2)5-6-22(13)10-16(23)19-18-21-20-17(27-18)14-4-3-7-26-14/h5-6,8-9,14H,3-4,7,10H2,1-2H3,(H,19,21,23). The number of amides is 1. The summed E-state index contributed by atoms with van der Waals surface area (Å²) in [4.78, 5) is 12.5. The molecule has 4 rings (SSSR count). The molecular formula is C18H20N4O4S. The van der Waals surface area contributed by atoms with Crippen molar-refractivity contribution in [2.75, 3.05) is 26.1 Å². The highest BCUT2D eigenvalue weighted by atomic mass is 32.1. The molecule has 1 aliphatic rings. The summed E-state index contributed by atoms with van der Waals surface area (Å²) in [6.07, 6.45) is 3.83. The molecule has 0 spiro atoms. The van der Waals surface area contributed by atoms with Gasteiger partial charge in [-0.2, -0.15) is 0 Å². The Morgan fingerprint density at radius 3 is 3.00 bits per heavy atom. The van der Waals surface area contributed by atoms with Crippen molar-refractivity contribution in [1.82, 2.24) is 14.8 Å². The van der Waals surface area contributed by atoms with Gasteiger partial charge in [-0.05, 0) is 18.9 Å². The topological polar surface area (TPSA) is 87.5 Å². The van der Waals surface area contributed by atoms with E-state index >= 15 is 0 Å². The number of carbonyl (C=O) groups is 1. The van der Waals surface area contributed by atoms with E-state index in [1.54, 1.807) is 14.2 Å². The Bertz CT molecular complexity index is 962. The van der Waals surface area contributed by atoms with Crippen LogP contribution in [-0.4, -0.2) is 41.5 Å². The number of methoxy groups -OCH3 is 2. The summed E-state index contributed by atoms with van der Waals surface area (Å²) < 4.78 is 18.2. The van der Waals surface area contributed by atoms with Crippen LogP contribution in [0.15, 0.2) is 24.4 Å². The number of aromatic nitrogens is 3. The fraction of sp³-hybridized carbons (Fsp3) is 0.389. The first-order valence-corrected chi connectivity index (χ1v) is 9.45. The van der Waals surface area contributed by atoms with Gasteiger partial charge in [-0.3, -0.25) is 10.1 Å². The zero-order valence-corrected chi connectivity index (χ0v) is 15.9. The Hall–Kier alpha value is -2.65. The van der Waals surface area contributed by atoms with E-state index in [4.69, 9.17) is 14.2 Å². The van der Waals surface area contributed by atoms with E-state index in [-0.39, 0.29) is 18.6 Å². The van der Waals surface area contributed by atoms with Crippen LogP contribution in [-0.2, 0) is 16.1 Å². The number of benzene rings is 1. The largest absolute Gasteiger partial charge is 0.497 e. The van der Waals surface area contributed by atoms with Gasteiger partial charge in [-0.15, -0.1) is 10.2 Å². The minimum absolute atomic E-state index is 0.00136. The third-order valence-electron chi connectivity index (χ3n) is 4.49. The first kappa shape index (κ1) is 17.7. The van der Waals surface area contributed by atoms with E-state index in [9.17, 15) is 4.79 Å². The van der Waals surface area contributed by atoms with Crippen LogP contribution in [0.2, 0.25) is 0 Å². The van der Waals surface area contributed by atoms with Crippen molar-refractivity contribution in [3.8, 4) is 11.5 Å². The molecule has 3 aromatic rings. The molecule has 27 heavy (non-hydrogen) atoms. The van der Waals surface area contributed by atoms with Crippen LogP contribution in [0.4, 0.5) is 5.13 Å². The molecule has 0 saturated carbocycles. The molecule has 0 radical (unpaired) electrons. The second kappa shape index (κ2) is 7.53. The van der Waals surface area contributed by atoms with E-state index in [1.165, 1.54) is 11.3 Å². The molecule has 1 fully saturated rings. The normalized spacial score (nSPS) is 16.6. The summed E-state index contributed by atoms with van der Waals surface area (Å²) in [6, 6.07) is 5.62. The summed E-state index contributed by atoms with van der Waals surface area (Å²) in [6.45, 7) is 0.897. The zero-order valence-electron chi connectivity index (χ0n) is 15.1. The van der Waals surface area contributed by atoms with Gasteiger partial charge in [0.15, 0.2) is 0 Å². The third kappa shape index (κ3) is 3.60. The van der Waals surface area contributed by atoms with Gasteiger partial charge in [0.05, 0.1) is 19.7 Å². The predicted octanol–water partition coefficient (Wildman–Crippen LogP) is 3.00. The molecule has 0 bridgehead atoms. The molecule has 9 heteroatoms. The molecule has 1 unspecified atom stereocenters.